The number of hydrogen-bond donors (Lipinski definition) is 3. The number of aliphatic hydroxyl groups is 1. The van der Waals surface area contributed by atoms with Crippen LogP contribution in [0.5, 0.6) is 0 Å². The smallest absolute Gasteiger partial charge is 0.355 e. The Bertz CT molecular complexity index is 642. The monoisotopic (exact) mass is 238 g/mol. The minimum Gasteiger partial charge on any atom is -0.476 e. The Morgan fingerprint density at radius 2 is 2.24 bits per heavy atom. The topological polar surface area (TPSA) is 121 Å². The maximum Gasteiger partial charge on any atom is 0.355 e. The number of H-pyrrole nitrogens is 1. The molecule has 17 heavy (non-hydrogen) atoms. The summed E-state index contributed by atoms with van der Waals surface area (Å²) in [6.07, 6.45) is -0.0545. The van der Waals surface area contributed by atoms with Gasteiger partial charge in [0.2, 0.25) is 5.78 Å². The lowest BCUT2D eigenvalue weighted by atomic mass is 10.1. The predicted octanol–water partition coefficient (Wildman–Crippen LogP) is -1.04. The van der Waals surface area contributed by atoms with Gasteiger partial charge in [0.25, 0.3) is 5.56 Å². The summed E-state index contributed by atoms with van der Waals surface area (Å²) in [6, 6.07) is 0. The van der Waals surface area contributed by atoms with Crippen molar-refractivity contribution in [3.8, 4) is 0 Å². The van der Waals surface area contributed by atoms with Gasteiger partial charge in [-0.15, -0.1) is 0 Å². The third-order valence-corrected chi connectivity index (χ3v) is 2.38. The second-order valence-electron chi connectivity index (χ2n) is 3.45. The number of hydrogen-bond acceptors (Lipinski definition) is 5. The normalized spacial score (nSPS) is 10.9. The van der Waals surface area contributed by atoms with Crippen molar-refractivity contribution in [2.75, 3.05) is 6.61 Å². The maximum atomic E-state index is 12.0. The first kappa shape index (κ1) is 11.3. The molecule has 90 valence electrons. The summed E-state index contributed by atoms with van der Waals surface area (Å²) < 4.78 is 1.18. The molecule has 0 unspecified atom stereocenters. The molecular weight excluding hydrogens is 228 g/mol. The van der Waals surface area contributed by atoms with E-state index in [1.165, 1.54) is 4.40 Å². The van der Waals surface area contributed by atoms with Crippen LogP contribution >= 0.6 is 0 Å². The number of aliphatic hydroxyl groups excluding tert-OH is 1. The van der Waals surface area contributed by atoms with Gasteiger partial charge in [-0.25, -0.2) is 19.3 Å². The molecule has 0 saturated carbocycles. The van der Waals surface area contributed by atoms with Crippen LogP contribution < -0.4 is 5.56 Å². The number of carboxylic acids is 1. The molecule has 3 N–H and O–H groups in total. The van der Waals surface area contributed by atoms with Crippen LogP contribution in [-0.2, 0) is 6.42 Å². The molecule has 2 aromatic heterocycles. The van der Waals surface area contributed by atoms with Crippen molar-refractivity contribution < 1.29 is 15.0 Å². The molecule has 0 amide bonds. The highest BCUT2D eigenvalue weighted by atomic mass is 16.4. The van der Waals surface area contributed by atoms with Crippen LogP contribution in [0.2, 0.25) is 0 Å². The van der Waals surface area contributed by atoms with E-state index in [2.05, 4.69) is 15.2 Å². The van der Waals surface area contributed by atoms with E-state index < -0.39 is 11.5 Å². The number of nitrogens with zero attached hydrogens (tertiary/aromatic N) is 3. The zero-order valence-corrected chi connectivity index (χ0v) is 8.97. The van der Waals surface area contributed by atoms with Crippen LogP contribution in [-0.4, -0.2) is 42.4 Å². The number of aromatic nitrogens is 4. The van der Waals surface area contributed by atoms with Gasteiger partial charge >= 0.3 is 5.97 Å². The summed E-state index contributed by atoms with van der Waals surface area (Å²) in [4.78, 5) is 26.8. The van der Waals surface area contributed by atoms with E-state index >= 15 is 0 Å². The van der Waals surface area contributed by atoms with E-state index in [1.807, 2.05) is 0 Å². The molecule has 8 heteroatoms. The number of aromatic carboxylic acids is 1. The first-order valence-electron chi connectivity index (χ1n) is 4.87. The number of rotatable bonds is 3. The van der Waals surface area contributed by atoms with Crippen molar-refractivity contribution >= 4 is 11.7 Å². The SMILES string of the molecule is Cc1n[nH]c2nc(C(=O)O)c(CCO)c(=O)n12. The van der Waals surface area contributed by atoms with Crippen molar-refractivity contribution in [3.05, 3.63) is 27.4 Å². The first-order valence-corrected chi connectivity index (χ1v) is 4.87. The molecule has 0 aromatic carbocycles. The summed E-state index contributed by atoms with van der Waals surface area (Å²) in [5.74, 6) is -0.847. The van der Waals surface area contributed by atoms with E-state index in [-0.39, 0.29) is 30.1 Å². The van der Waals surface area contributed by atoms with Crippen LogP contribution in [0, 0.1) is 6.92 Å². The van der Waals surface area contributed by atoms with Gasteiger partial charge in [0.1, 0.15) is 5.82 Å². The summed E-state index contributed by atoms with van der Waals surface area (Å²) in [5.41, 5.74) is -0.901. The molecule has 0 aliphatic rings. The molecule has 2 heterocycles. The van der Waals surface area contributed by atoms with Crippen molar-refractivity contribution in [3.63, 3.8) is 0 Å². The highest BCUT2D eigenvalue weighted by Crippen LogP contribution is 2.05. The average molecular weight is 238 g/mol. The summed E-state index contributed by atoms with van der Waals surface area (Å²) >= 11 is 0. The first-order chi connectivity index (χ1) is 8.06. The molecule has 0 spiro atoms. The maximum absolute atomic E-state index is 12.0. The highest BCUT2D eigenvalue weighted by molar-refractivity contribution is 5.87. The van der Waals surface area contributed by atoms with Crippen LogP contribution in [0.25, 0.3) is 5.78 Å². The molecule has 0 aliphatic carbocycles. The Morgan fingerprint density at radius 3 is 2.82 bits per heavy atom. The predicted molar refractivity (Wildman–Crippen MR) is 56.1 cm³/mol. The highest BCUT2D eigenvalue weighted by Gasteiger charge is 2.19. The Hall–Kier alpha value is -2.22. The van der Waals surface area contributed by atoms with Gasteiger partial charge in [0.15, 0.2) is 5.69 Å². The lowest BCUT2D eigenvalue weighted by Gasteiger charge is -2.03. The van der Waals surface area contributed by atoms with Crippen LogP contribution in [0.3, 0.4) is 0 Å². The molecule has 0 radical (unpaired) electrons. The average Bonchev–Trinajstić information content (AvgIpc) is 2.64. The summed E-state index contributed by atoms with van der Waals surface area (Å²) in [5, 5.41) is 24.1. The van der Waals surface area contributed by atoms with Crippen LogP contribution in [0.15, 0.2) is 4.79 Å². The number of nitrogens with one attached hydrogen (secondary N) is 1. The van der Waals surface area contributed by atoms with Crippen molar-refractivity contribution in [1.29, 1.82) is 0 Å². The molecule has 0 atom stereocenters. The van der Waals surface area contributed by atoms with Gasteiger partial charge in [-0.1, -0.05) is 0 Å². The van der Waals surface area contributed by atoms with Crippen molar-refractivity contribution in [1.82, 2.24) is 19.6 Å². The molecule has 0 aliphatic heterocycles. The minimum atomic E-state index is -1.31. The molecule has 2 aromatic rings. The van der Waals surface area contributed by atoms with Crippen molar-refractivity contribution in [2.45, 2.75) is 13.3 Å². The van der Waals surface area contributed by atoms with Gasteiger partial charge < -0.3 is 10.2 Å². The Morgan fingerprint density at radius 1 is 1.53 bits per heavy atom. The number of aromatic amines is 1. The fourth-order valence-corrected chi connectivity index (χ4v) is 1.63. The Balaban J connectivity index is 2.86. The number of fused-ring (bicyclic) bond motifs is 1. The largest absolute Gasteiger partial charge is 0.476 e. The molecule has 0 bridgehead atoms. The second-order valence-corrected chi connectivity index (χ2v) is 3.45. The van der Waals surface area contributed by atoms with Gasteiger partial charge in [-0.05, 0) is 6.92 Å². The second kappa shape index (κ2) is 3.98. The standard InChI is InChI=1S/C9H10N4O4/c1-4-11-12-9-10-6(8(16)17)5(2-3-14)7(15)13(4)9/h14H,2-3H2,1H3,(H,10,12)(H,16,17). The zero-order chi connectivity index (χ0) is 12.6. The van der Waals surface area contributed by atoms with E-state index in [4.69, 9.17) is 10.2 Å². The number of carboxylic acid groups (broad SMARTS) is 1. The van der Waals surface area contributed by atoms with Gasteiger partial charge in [0, 0.05) is 13.0 Å². The van der Waals surface area contributed by atoms with Crippen LogP contribution in [0.1, 0.15) is 21.9 Å². The minimum absolute atomic E-state index is 0.0259. The molecular formula is C9H10N4O4. The van der Waals surface area contributed by atoms with E-state index in [1.54, 1.807) is 6.92 Å². The molecule has 0 fully saturated rings. The number of carbonyl (C=O) groups is 1. The zero-order valence-electron chi connectivity index (χ0n) is 8.97. The molecule has 2 rings (SSSR count). The number of aryl methyl sites for hydroxylation is 1. The van der Waals surface area contributed by atoms with Crippen molar-refractivity contribution in [2.24, 2.45) is 0 Å². The Kier molecular flexibility index (Phi) is 2.64. The molecule has 0 saturated heterocycles. The van der Waals surface area contributed by atoms with E-state index in [0.717, 1.165) is 0 Å². The van der Waals surface area contributed by atoms with Gasteiger partial charge in [-0.2, -0.15) is 5.10 Å². The fourth-order valence-electron chi connectivity index (χ4n) is 1.63. The lowest BCUT2D eigenvalue weighted by molar-refractivity contribution is 0.0688. The quantitative estimate of drug-likeness (QED) is 0.628. The van der Waals surface area contributed by atoms with Crippen LogP contribution in [0.4, 0.5) is 0 Å². The third kappa shape index (κ3) is 1.68. The van der Waals surface area contributed by atoms with Gasteiger partial charge in [-0.3, -0.25) is 4.79 Å². The summed E-state index contributed by atoms with van der Waals surface area (Å²) in [6.45, 7) is 1.27. The Labute approximate surface area is 94.5 Å². The van der Waals surface area contributed by atoms with E-state index in [9.17, 15) is 9.59 Å². The fraction of sp³-hybridized carbons (Fsp3) is 0.333. The van der Waals surface area contributed by atoms with E-state index in [0.29, 0.717) is 5.82 Å². The third-order valence-electron chi connectivity index (χ3n) is 2.38. The van der Waals surface area contributed by atoms with Gasteiger partial charge in [0.05, 0.1) is 5.56 Å². The molecule has 8 nitrogen and oxygen atoms in total. The summed E-state index contributed by atoms with van der Waals surface area (Å²) in [7, 11) is 0. The lowest BCUT2D eigenvalue weighted by Crippen LogP contribution is -2.25.